The molecule has 1 fully saturated rings. The Balaban J connectivity index is 2.30. The van der Waals surface area contributed by atoms with Crippen LogP contribution in [0.3, 0.4) is 0 Å². The summed E-state index contributed by atoms with van der Waals surface area (Å²) < 4.78 is 28.0. The number of likely N-dealkylation sites (N-methyl/N-ethyl adjacent to an activating group) is 1. The molecule has 26 heavy (non-hydrogen) atoms. The molecule has 1 aromatic rings. The maximum atomic E-state index is 14.6. The number of nitriles is 3. The second kappa shape index (κ2) is 6.33. The number of benzene rings is 1. The number of rotatable bonds is 1. The Hall–Kier alpha value is -3.08. The van der Waals surface area contributed by atoms with E-state index in [9.17, 15) is 24.6 Å². The van der Waals surface area contributed by atoms with Crippen molar-refractivity contribution in [1.82, 2.24) is 4.90 Å². The molecule has 1 aliphatic carbocycles. The third kappa shape index (κ3) is 2.39. The van der Waals surface area contributed by atoms with E-state index in [1.165, 1.54) is 6.07 Å². The Morgan fingerprint density at radius 2 is 1.92 bits per heavy atom. The average molecular weight is 351 g/mol. The van der Waals surface area contributed by atoms with Gasteiger partial charge >= 0.3 is 0 Å². The Bertz CT molecular complexity index is 917. The number of hydrogen-bond acceptors (Lipinski definition) is 5. The van der Waals surface area contributed by atoms with Crippen molar-refractivity contribution >= 4 is 5.71 Å². The highest BCUT2D eigenvalue weighted by Gasteiger charge is 2.58. The fourth-order valence-corrected chi connectivity index (χ4v) is 4.05. The summed E-state index contributed by atoms with van der Waals surface area (Å²) in [5.74, 6) is -4.10. The van der Waals surface area contributed by atoms with Crippen LogP contribution in [-0.2, 0) is 0 Å². The number of nitrogens with zero attached hydrogens (tertiary/aromatic N) is 4. The summed E-state index contributed by atoms with van der Waals surface area (Å²) in [6, 6.07) is 8.79. The first-order valence-corrected chi connectivity index (χ1v) is 8.04. The molecular formula is C19H15F2N5. The summed E-state index contributed by atoms with van der Waals surface area (Å²) in [4.78, 5) is 1.94. The lowest BCUT2D eigenvalue weighted by molar-refractivity contribution is 0.232. The first kappa shape index (κ1) is 17.7. The van der Waals surface area contributed by atoms with Crippen molar-refractivity contribution in [3.05, 3.63) is 47.0 Å². The average Bonchev–Trinajstić information content (AvgIpc) is 2.62. The van der Waals surface area contributed by atoms with Gasteiger partial charge in [-0.05, 0) is 24.3 Å². The minimum atomic E-state index is -1.99. The van der Waals surface area contributed by atoms with Crippen LogP contribution in [0.15, 0.2) is 29.8 Å². The summed E-state index contributed by atoms with van der Waals surface area (Å²) in [5.41, 5.74) is -1.68. The van der Waals surface area contributed by atoms with Crippen molar-refractivity contribution in [1.29, 1.82) is 21.2 Å². The van der Waals surface area contributed by atoms with Crippen molar-refractivity contribution in [2.45, 2.75) is 5.92 Å². The fraction of sp³-hybridized carbons (Fsp3) is 0.368. The molecule has 0 spiro atoms. The topological polar surface area (TPSA) is 98.5 Å². The smallest absolute Gasteiger partial charge is 0.189 e. The zero-order valence-electron chi connectivity index (χ0n) is 14.0. The third-order valence-corrected chi connectivity index (χ3v) is 5.27. The van der Waals surface area contributed by atoms with Gasteiger partial charge in [0.25, 0.3) is 0 Å². The highest BCUT2D eigenvalue weighted by Crippen LogP contribution is 2.53. The molecule has 3 rings (SSSR count). The van der Waals surface area contributed by atoms with Crippen molar-refractivity contribution in [3.8, 4) is 18.2 Å². The molecule has 0 saturated heterocycles. The molecule has 1 heterocycles. The largest absolute Gasteiger partial charge is 0.305 e. The molecule has 1 saturated carbocycles. The standard InChI is InChI=1S/C19H15F2N5/c1-26-5-4-12-14(7-22)18(25)19(9-23,10-24)17(15(12)8-26)13-3-2-11(20)6-16(13)21/h2-4,6,14-15,17,25H,5,8H2,1H3. The first-order chi connectivity index (χ1) is 12.4. The van der Waals surface area contributed by atoms with Gasteiger partial charge in [-0.3, -0.25) is 0 Å². The Labute approximate surface area is 149 Å². The zero-order chi connectivity index (χ0) is 19.1. The summed E-state index contributed by atoms with van der Waals surface area (Å²) in [6.45, 7) is 0.964. The van der Waals surface area contributed by atoms with Gasteiger partial charge < -0.3 is 10.3 Å². The molecule has 0 radical (unpaired) electrons. The van der Waals surface area contributed by atoms with E-state index in [0.29, 0.717) is 24.7 Å². The predicted octanol–water partition coefficient (Wildman–Crippen LogP) is 2.74. The van der Waals surface area contributed by atoms with Crippen LogP contribution < -0.4 is 0 Å². The molecule has 1 N–H and O–H groups in total. The van der Waals surface area contributed by atoms with Crippen LogP contribution in [0.1, 0.15) is 11.5 Å². The molecule has 3 atom stereocenters. The summed E-state index contributed by atoms with van der Waals surface area (Å²) in [5, 5.41) is 37.6. The first-order valence-electron chi connectivity index (χ1n) is 8.04. The van der Waals surface area contributed by atoms with E-state index >= 15 is 0 Å². The van der Waals surface area contributed by atoms with Gasteiger partial charge in [-0.1, -0.05) is 12.1 Å². The summed E-state index contributed by atoms with van der Waals surface area (Å²) >= 11 is 0. The number of fused-ring (bicyclic) bond motifs is 1. The normalized spacial score (nSPS) is 27.5. The van der Waals surface area contributed by atoms with E-state index in [2.05, 4.69) is 0 Å². The molecule has 5 nitrogen and oxygen atoms in total. The second-order valence-electron chi connectivity index (χ2n) is 6.68. The molecule has 1 aliphatic heterocycles. The van der Waals surface area contributed by atoms with Gasteiger partial charge in [0, 0.05) is 31.0 Å². The van der Waals surface area contributed by atoms with Crippen LogP contribution in [0.4, 0.5) is 8.78 Å². The monoisotopic (exact) mass is 351 g/mol. The van der Waals surface area contributed by atoms with Crippen molar-refractivity contribution in [2.75, 3.05) is 20.1 Å². The molecule has 0 bridgehead atoms. The van der Waals surface area contributed by atoms with Crippen molar-refractivity contribution in [2.24, 2.45) is 17.3 Å². The maximum absolute atomic E-state index is 14.6. The van der Waals surface area contributed by atoms with E-state index in [4.69, 9.17) is 5.41 Å². The molecule has 1 aromatic carbocycles. The Kier molecular flexibility index (Phi) is 4.32. The van der Waals surface area contributed by atoms with Gasteiger partial charge in [0.2, 0.25) is 0 Å². The lowest BCUT2D eigenvalue weighted by atomic mass is 9.54. The molecule has 7 heteroatoms. The third-order valence-electron chi connectivity index (χ3n) is 5.27. The van der Waals surface area contributed by atoms with E-state index in [0.717, 1.165) is 6.07 Å². The van der Waals surface area contributed by atoms with E-state index in [-0.39, 0.29) is 11.3 Å². The summed E-state index contributed by atoms with van der Waals surface area (Å²) in [7, 11) is 1.84. The van der Waals surface area contributed by atoms with Crippen LogP contribution in [0.5, 0.6) is 0 Å². The van der Waals surface area contributed by atoms with Crippen molar-refractivity contribution in [3.63, 3.8) is 0 Å². The molecule has 130 valence electrons. The summed E-state index contributed by atoms with van der Waals surface area (Å²) in [6.07, 6.45) is 1.81. The second-order valence-corrected chi connectivity index (χ2v) is 6.68. The highest BCUT2D eigenvalue weighted by molar-refractivity contribution is 6.00. The van der Waals surface area contributed by atoms with Crippen molar-refractivity contribution < 1.29 is 8.78 Å². The van der Waals surface area contributed by atoms with Gasteiger partial charge in [-0.2, -0.15) is 15.8 Å². The maximum Gasteiger partial charge on any atom is 0.189 e. The minimum absolute atomic E-state index is 0.0156. The van der Waals surface area contributed by atoms with Crippen LogP contribution in [0, 0.1) is 68.3 Å². The van der Waals surface area contributed by atoms with Gasteiger partial charge in [-0.25, -0.2) is 8.78 Å². The van der Waals surface area contributed by atoms with E-state index in [1.807, 2.05) is 36.2 Å². The number of hydrogen-bond donors (Lipinski definition) is 1. The number of halogens is 2. The lowest BCUT2D eigenvalue weighted by Gasteiger charge is -2.47. The van der Waals surface area contributed by atoms with Gasteiger partial charge in [0.05, 0.1) is 23.9 Å². The Morgan fingerprint density at radius 3 is 2.50 bits per heavy atom. The van der Waals surface area contributed by atoms with Gasteiger partial charge in [-0.15, -0.1) is 0 Å². The number of nitrogens with one attached hydrogen (secondary N) is 1. The SMILES string of the molecule is CN1CC=C2C(C#N)C(=N)C(C#N)(C#N)C(c3ccc(F)cc3F)C2C1. The molecule has 0 amide bonds. The van der Waals surface area contributed by atoms with Gasteiger partial charge in [0.15, 0.2) is 5.41 Å². The Morgan fingerprint density at radius 1 is 1.23 bits per heavy atom. The van der Waals surface area contributed by atoms with E-state index < -0.39 is 34.8 Å². The molecular weight excluding hydrogens is 336 g/mol. The van der Waals surface area contributed by atoms with Crippen LogP contribution in [-0.4, -0.2) is 30.7 Å². The van der Waals surface area contributed by atoms with Gasteiger partial charge in [0.1, 0.15) is 17.6 Å². The van der Waals surface area contributed by atoms with Crippen LogP contribution >= 0.6 is 0 Å². The fourth-order valence-electron chi connectivity index (χ4n) is 4.05. The predicted molar refractivity (Wildman–Crippen MR) is 88.7 cm³/mol. The van der Waals surface area contributed by atoms with Crippen LogP contribution in [0.25, 0.3) is 0 Å². The highest BCUT2D eigenvalue weighted by atomic mass is 19.1. The quantitative estimate of drug-likeness (QED) is 0.787. The lowest BCUT2D eigenvalue weighted by Crippen LogP contribution is -2.52. The minimum Gasteiger partial charge on any atom is -0.305 e. The molecule has 2 aliphatic rings. The molecule has 3 unspecified atom stereocenters. The molecule has 0 aromatic heterocycles. The zero-order valence-corrected chi connectivity index (χ0v) is 14.0. The van der Waals surface area contributed by atoms with E-state index in [1.54, 1.807) is 0 Å². The van der Waals surface area contributed by atoms with Crippen LogP contribution in [0.2, 0.25) is 0 Å².